The molecule has 0 aliphatic carbocycles. The highest BCUT2D eigenvalue weighted by Crippen LogP contribution is 2.29. The Morgan fingerprint density at radius 3 is 2.71 bits per heavy atom. The zero-order chi connectivity index (χ0) is 15.5. The number of nitrogens with zero attached hydrogens (tertiary/aromatic N) is 2. The highest BCUT2D eigenvalue weighted by atomic mass is 32.1. The van der Waals surface area contributed by atoms with Crippen molar-refractivity contribution in [2.24, 2.45) is 5.73 Å². The molecule has 0 atom stereocenters. The summed E-state index contributed by atoms with van der Waals surface area (Å²) < 4.78 is 37.9. The number of alkyl halides is 3. The van der Waals surface area contributed by atoms with Gasteiger partial charge in [-0.2, -0.15) is 18.3 Å². The molecular formula is C13H11F3N4S. The molecule has 0 bridgehead atoms. The van der Waals surface area contributed by atoms with Crippen LogP contribution in [0.15, 0.2) is 36.5 Å². The van der Waals surface area contributed by atoms with Crippen LogP contribution in [-0.2, 0) is 12.7 Å². The molecule has 1 aromatic heterocycles. The SMILES string of the molecule is NC(=S)c1ccnnc1NCc1cccc(C(F)(F)F)c1. The second-order valence-corrected chi connectivity index (χ2v) is 4.65. The van der Waals surface area contributed by atoms with Gasteiger partial charge in [0.15, 0.2) is 5.82 Å². The summed E-state index contributed by atoms with van der Waals surface area (Å²) >= 11 is 4.87. The van der Waals surface area contributed by atoms with Crippen molar-refractivity contribution in [3.05, 3.63) is 53.2 Å². The number of nitrogens with two attached hydrogens (primary N) is 1. The monoisotopic (exact) mass is 312 g/mol. The van der Waals surface area contributed by atoms with Crippen LogP contribution >= 0.6 is 12.2 Å². The van der Waals surface area contributed by atoms with Crippen LogP contribution in [0.2, 0.25) is 0 Å². The molecule has 8 heteroatoms. The Morgan fingerprint density at radius 2 is 2.05 bits per heavy atom. The lowest BCUT2D eigenvalue weighted by atomic mass is 10.1. The third kappa shape index (κ3) is 3.88. The van der Waals surface area contributed by atoms with Gasteiger partial charge >= 0.3 is 6.18 Å². The van der Waals surface area contributed by atoms with Gasteiger partial charge in [0.05, 0.1) is 17.3 Å². The Bertz CT molecular complexity index is 658. The summed E-state index contributed by atoms with van der Waals surface area (Å²) in [7, 11) is 0. The summed E-state index contributed by atoms with van der Waals surface area (Å²) in [5.74, 6) is 0.336. The fourth-order valence-corrected chi connectivity index (χ4v) is 1.87. The Labute approximate surface area is 124 Å². The third-order valence-electron chi connectivity index (χ3n) is 2.70. The molecule has 0 fully saturated rings. The van der Waals surface area contributed by atoms with Crippen LogP contribution < -0.4 is 11.1 Å². The predicted octanol–water partition coefficient (Wildman–Crippen LogP) is 2.74. The maximum atomic E-state index is 12.6. The number of aromatic nitrogens is 2. The van der Waals surface area contributed by atoms with Crippen molar-refractivity contribution in [2.75, 3.05) is 5.32 Å². The van der Waals surface area contributed by atoms with Crippen LogP contribution in [0.5, 0.6) is 0 Å². The summed E-state index contributed by atoms with van der Waals surface area (Å²) in [5.41, 5.74) is 5.80. The van der Waals surface area contributed by atoms with E-state index in [1.165, 1.54) is 12.3 Å². The van der Waals surface area contributed by atoms with Crippen molar-refractivity contribution in [1.82, 2.24) is 10.2 Å². The van der Waals surface area contributed by atoms with E-state index in [9.17, 15) is 13.2 Å². The van der Waals surface area contributed by atoms with Gasteiger partial charge in [-0.25, -0.2) is 0 Å². The van der Waals surface area contributed by atoms with Crippen LogP contribution in [0, 0.1) is 0 Å². The number of halogens is 3. The maximum absolute atomic E-state index is 12.6. The minimum atomic E-state index is -4.37. The van der Waals surface area contributed by atoms with Crippen molar-refractivity contribution in [2.45, 2.75) is 12.7 Å². The predicted molar refractivity (Wildman–Crippen MR) is 76.7 cm³/mol. The number of benzene rings is 1. The summed E-state index contributed by atoms with van der Waals surface area (Å²) in [5, 5.41) is 10.4. The van der Waals surface area contributed by atoms with Crippen LogP contribution in [0.3, 0.4) is 0 Å². The molecule has 2 rings (SSSR count). The Balaban J connectivity index is 2.16. The number of hydrogen-bond acceptors (Lipinski definition) is 4. The lowest BCUT2D eigenvalue weighted by molar-refractivity contribution is -0.137. The highest BCUT2D eigenvalue weighted by molar-refractivity contribution is 7.80. The van der Waals surface area contributed by atoms with Gasteiger partial charge in [0.1, 0.15) is 4.99 Å². The average Bonchev–Trinajstić information content (AvgIpc) is 2.45. The molecule has 0 radical (unpaired) electrons. The van der Waals surface area contributed by atoms with E-state index in [-0.39, 0.29) is 11.5 Å². The molecule has 4 nitrogen and oxygen atoms in total. The smallest absolute Gasteiger partial charge is 0.389 e. The van der Waals surface area contributed by atoms with Gasteiger partial charge in [0.2, 0.25) is 0 Å². The summed E-state index contributed by atoms with van der Waals surface area (Å²) in [6.45, 7) is 0.151. The molecule has 110 valence electrons. The molecule has 1 heterocycles. The largest absolute Gasteiger partial charge is 0.416 e. The Kier molecular flexibility index (Phi) is 4.37. The van der Waals surface area contributed by atoms with Gasteiger partial charge in [0, 0.05) is 6.54 Å². The Hall–Kier alpha value is -2.22. The van der Waals surface area contributed by atoms with Gasteiger partial charge in [-0.3, -0.25) is 0 Å². The van der Waals surface area contributed by atoms with Crippen molar-refractivity contribution >= 4 is 23.0 Å². The zero-order valence-corrected chi connectivity index (χ0v) is 11.5. The highest BCUT2D eigenvalue weighted by Gasteiger charge is 2.30. The summed E-state index contributed by atoms with van der Waals surface area (Å²) in [6, 6.07) is 6.61. The summed E-state index contributed by atoms with van der Waals surface area (Å²) in [4.78, 5) is 0.136. The topological polar surface area (TPSA) is 63.8 Å². The lowest BCUT2D eigenvalue weighted by Crippen LogP contribution is -2.15. The van der Waals surface area contributed by atoms with E-state index in [2.05, 4.69) is 15.5 Å². The molecule has 21 heavy (non-hydrogen) atoms. The van der Waals surface area contributed by atoms with Gasteiger partial charge in [-0.1, -0.05) is 24.4 Å². The second-order valence-electron chi connectivity index (χ2n) is 4.21. The minimum Gasteiger partial charge on any atom is -0.389 e. The molecular weight excluding hydrogens is 301 g/mol. The van der Waals surface area contributed by atoms with E-state index < -0.39 is 11.7 Å². The van der Waals surface area contributed by atoms with Crippen LogP contribution in [0.25, 0.3) is 0 Å². The van der Waals surface area contributed by atoms with E-state index in [4.69, 9.17) is 18.0 Å². The number of nitrogens with one attached hydrogen (secondary N) is 1. The first kappa shape index (κ1) is 15.2. The molecule has 3 N–H and O–H groups in total. The molecule has 0 saturated heterocycles. The van der Waals surface area contributed by atoms with Crippen LogP contribution in [-0.4, -0.2) is 15.2 Å². The first-order chi connectivity index (χ1) is 9.88. The molecule has 0 aliphatic heterocycles. The fourth-order valence-electron chi connectivity index (χ4n) is 1.70. The first-order valence-electron chi connectivity index (χ1n) is 5.89. The number of thiocarbonyl (C=S) groups is 1. The quantitative estimate of drug-likeness (QED) is 0.850. The summed E-state index contributed by atoms with van der Waals surface area (Å²) in [6.07, 6.45) is -2.93. The third-order valence-corrected chi connectivity index (χ3v) is 2.92. The van der Waals surface area contributed by atoms with Gasteiger partial charge in [-0.05, 0) is 23.8 Å². The van der Waals surface area contributed by atoms with Crippen LogP contribution in [0.1, 0.15) is 16.7 Å². The second kappa shape index (κ2) is 6.04. The molecule has 0 unspecified atom stereocenters. The molecule has 2 aromatic rings. The van der Waals surface area contributed by atoms with Crippen LogP contribution in [0.4, 0.5) is 19.0 Å². The molecule has 0 spiro atoms. The van der Waals surface area contributed by atoms with E-state index in [0.717, 1.165) is 12.1 Å². The maximum Gasteiger partial charge on any atom is 0.416 e. The van der Waals surface area contributed by atoms with E-state index in [1.807, 2.05) is 0 Å². The van der Waals surface area contributed by atoms with Gasteiger partial charge in [-0.15, -0.1) is 5.10 Å². The van der Waals surface area contributed by atoms with Gasteiger partial charge in [0.25, 0.3) is 0 Å². The number of rotatable bonds is 4. The van der Waals surface area contributed by atoms with Gasteiger partial charge < -0.3 is 11.1 Å². The number of hydrogen-bond donors (Lipinski definition) is 2. The first-order valence-corrected chi connectivity index (χ1v) is 6.30. The lowest BCUT2D eigenvalue weighted by Gasteiger charge is -2.11. The average molecular weight is 312 g/mol. The molecule has 1 aromatic carbocycles. The zero-order valence-electron chi connectivity index (χ0n) is 10.7. The van der Waals surface area contributed by atoms with Crippen molar-refractivity contribution in [3.8, 4) is 0 Å². The fraction of sp³-hybridized carbons (Fsp3) is 0.154. The van der Waals surface area contributed by atoms with E-state index in [0.29, 0.717) is 16.9 Å². The molecule has 0 amide bonds. The standard InChI is InChI=1S/C13H11F3N4S/c14-13(15,16)9-3-1-2-8(6-9)7-18-12-10(11(17)21)4-5-19-20-12/h1-6H,7H2,(H2,17,21)(H,18,20). The van der Waals surface area contributed by atoms with E-state index >= 15 is 0 Å². The normalized spacial score (nSPS) is 11.2. The molecule has 0 aliphatic rings. The van der Waals surface area contributed by atoms with Crippen molar-refractivity contribution in [1.29, 1.82) is 0 Å². The van der Waals surface area contributed by atoms with Crippen molar-refractivity contribution < 1.29 is 13.2 Å². The minimum absolute atomic E-state index is 0.136. The number of anilines is 1. The van der Waals surface area contributed by atoms with E-state index in [1.54, 1.807) is 12.1 Å². The van der Waals surface area contributed by atoms with Crippen molar-refractivity contribution in [3.63, 3.8) is 0 Å². The molecule has 0 saturated carbocycles. The Morgan fingerprint density at radius 1 is 1.29 bits per heavy atom.